The van der Waals surface area contributed by atoms with Crippen LogP contribution in [0.2, 0.25) is 0 Å². The minimum atomic E-state index is 0.929. The monoisotopic (exact) mass is 234 g/mol. The van der Waals surface area contributed by atoms with Crippen LogP contribution in [-0.2, 0) is 12.8 Å². The largest absolute Gasteiger partial charge is 0.261 e. The molecule has 18 heavy (non-hydrogen) atoms. The number of aryl methyl sites for hydroxylation is 2. The van der Waals surface area contributed by atoms with Crippen molar-refractivity contribution in [1.82, 2.24) is 9.97 Å². The summed E-state index contributed by atoms with van der Waals surface area (Å²) in [5.41, 5.74) is 2.27. The van der Waals surface area contributed by atoms with Crippen molar-refractivity contribution in [2.75, 3.05) is 0 Å². The predicted molar refractivity (Wildman–Crippen MR) is 73.4 cm³/mol. The molecule has 2 heteroatoms. The minimum Gasteiger partial charge on any atom is -0.261 e. The Bertz CT molecular complexity index is 642. The molecule has 2 nitrogen and oxygen atoms in total. The van der Waals surface area contributed by atoms with Gasteiger partial charge in [-0.05, 0) is 36.4 Å². The summed E-state index contributed by atoms with van der Waals surface area (Å²) in [4.78, 5) is 8.84. The van der Waals surface area contributed by atoms with Gasteiger partial charge < -0.3 is 0 Å². The first-order chi connectivity index (χ1) is 8.93. The number of pyridine rings is 2. The van der Waals surface area contributed by atoms with Crippen molar-refractivity contribution in [2.24, 2.45) is 0 Å². The van der Waals surface area contributed by atoms with Crippen LogP contribution in [-0.4, -0.2) is 9.97 Å². The average Bonchev–Trinajstić information content (AvgIpc) is 2.46. The molecule has 0 saturated heterocycles. The minimum absolute atomic E-state index is 0.929. The van der Waals surface area contributed by atoms with Crippen molar-refractivity contribution in [2.45, 2.75) is 12.8 Å². The Labute approximate surface area is 106 Å². The van der Waals surface area contributed by atoms with E-state index < -0.39 is 0 Å². The van der Waals surface area contributed by atoms with Crippen LogP contribution in [0.3, 0.4) is 0 Å². The van der Waals surface area contributed by atoms with Crippen molar-refractivity contribution in [3.8, 4) is 0 Å². The molecule has 88 valence electrons. The van der Waals surface area contributed by atoms with Gasteiger partial charge in [0.1, 0.15) is 0 Å². The van der Waals surface area contributed by atoms with Gasteiger partial charge >= 0.3 is 0 Å². The maximum Gasteiger partial charge on any atom is 0.0485 e. The second-order valence-corrected chi connectivity index (χ2v) is 4.30. The third-order valence-electron chi connectivity index (χ3n) is 3.10. The van der Waals surface area contributed by atoms with Gasteiger partial charge in [-0.3, -0.25) is 9.97 Å². The highest BCUT2D eigenvalue weighted by atomic mass is 14.7. The summed E-state index contributed by atoms with van der Waals surface area (Å²) in [5.74, 6) is 0. The highest BCUT2D eigenvalue weighted by molar-refractivity contribution is 5.84. The van der Waals surface area contributed by atoms with E-state index in [4.69, 9.17) is 0 Å². The van der Waals surface area contributed by atoms with Crippen LogP contribution in [0, 0.1) is 0 Å². The maximum atomic E-state index is 4.49. The van der Waals surface area contributed by atoms with E-state index in [1.54, 1.807) is 0 Å². The average molecular weight is 234 g/mol. The van der Waals surface area contributed by atoms with Gasteiger partial charge in [-0.25, -0.2) is 0 Å². The SMILES string of the molecule is c1ccc(CCc2nccc3ccccc23)nc1. The fourth-order valence-corrected chi connectivity index (χ4v) is 2.17. The molecule has 0 aliphatic carbocycles. The zero-order valence-corrected chi connectivity index (χ0v) is 10.1. The molecule has 0 radical (unpaired) electrons. The number of hydrogen-bond acceptors (Lipinski definition) is 2. The standard InChI is InChI=1S/C16H14N2/c1-2-7-15-13(5-1)10-12-18-16(15)9-8-14-6-3-4-11-17-14/h1-7,10-12H,8-9H2. The Kier molecular flexibility index (Phi) is 3.01. The molecule has 0 fully saturated rings. The van der Waals surface area contributed by atoms with Gasteiger partial charge in [0.15, 0.2) is 0 Å². The first-order valence-electron chi connectivity index (χ1n) is 6.16. The van der Waals surface area contributed by atoms with Crippen LogP contribution in [0.15, 0.2) is 60.9 Å². The highest BCUT2D eigenvalue weighted by Crippen LogP contribution is 2.17. The normalized spacial score (nSPS) is 10.7. The Balaban J connectivity index is 1.87. The van der Waals surface area contributed by atoms with E-state index in [9.17, 15) is 0 Å². The Morgan fingerprint density at radius 2 is 1.61 bits per heavy atom. The number of benzene rings is 1. The van der Waals surface area contributed by atoms with Crippen molar-refractivity contribution < 1.29 is 0 Å². The lowest BCUT2D eigenvalue weighted by Gasteiger charge is -2.05. The van der Waals surface area contributed by atoms with Crippen LogP contribution in [0.1, 0.15) is 11.4 Å². The molecule has 0 unspecified atom stereocenters. The van der Waals surface area contributed by atoms with Crippen LogP contribution in [0.5, 0.6) is 0 Å². The summed E-state index contributed by atoms with van der Waals surface area (Å²) in [5, 5.41) is 2.50. The predicted octanol–water partition coefficient (Wildman–Crippen LogP) is 3.42. The molecule has 0 amide bonds. The Morgan fingerprint density at radius 1 is 0.722 bits per heavy atom. The molecule has 0 bridgehead atoms. The summed E-state index contributed by atoms with van der Waals surface area (Å²) >= 11 is 0. The van der Waals surface area contributed by atoms with E-state index in [1.165, 1.54) is 10.8 Å². The van der Waals surface area contributed by atoms with Gasteiger partial charge in [-0.1, -0.05) is 30.3 Å². The second-order valence-electron chi connectivity index (χ2n) is 4.30. The molecule has 3 aromatic rings. The number of rotatable bonds is 3. The van der Waals surface area contributed by atoms with Gasteiger partial charge in [0.2, 0.25) is 0 Å². The fourth-order valence-electron chi connectivity index (χ4n) is 2.17. The van der Waals surface area contributed by atoms with E-state index >= 15 is 0 Å². The zero-order chi connectivity index (χ0) is 12.2. The molecule has 0 saturated carbocycles. The highest BCUT2D eigenvalue weighted by Gasteiger charge is 2.02. The molecule has 2 aromatic heterocycles. The summed E-state index contributed by atoms with van der Waals surface area (Å²) < 4.78 is 0. The van der Waals surface area contributed by atoms with Gasteiger partial charge in [0, 0.05) is 29.2 Å². The van der Waals surface area contributed by atoms with Crippen LogP contribution >= 0.6 is 0 Å². The lowest BCUT2D eigenvalue weighted by atomic mass is 10.1. The number of fused-ring (bicyclic) bond motifs is 1. The molecule has 0 N–H and O–H groups in total. The molecule has 0 aliphatic rings. The lowest BCUT2D eigenvalue weighted by molar-refractivity contribution is 0.889. The number of aromatic nitrogens is 2. The topological polar surface area (TPSA) is 25.8 Å². The van der Waals surface area contributed by atoms with Gasteiger partial charge in [-0.15, -0.1) is 0 Å². The maximum absolute atomic E-state index is 4.49. The third kappa shape index (κ3) is 2.23. The van der Waals surface area contributed by atoms with E-state index in [0.717, 1.165) is 24.2 Å². The molecule has 1 aromatic carbocycles. The Morgan fingerprint density at radius 3 is 2.50 bits per heavy atom. The van der Waals surface area contributed by atoms with E-state index in [2.05, 4.69) is 46.4 Å². The van der Waals surface area contributed by atoms with Crippen molar-refractivity contribution in [3.63, 3.8) is 0 Å². The Hall–Kier alpha value is -2.22. The van der Waals surface area contributed by atoms with Crippen LogP contribution in [0.25, 0.3) is 10.8 Å². The van der Waals surface area contributed by atoms with Gasteiger partial charge in [0.05, 0.1) is 0 Å². The molecule has 0 spiro atoms. The molecule has 0 aliphatic heterocycles. The summed E-state index contributed by atoms with van der Waals surface area (Å²) in [6.07, 6.45) is 5.59. The summed E-state index contributed by atoms with van der Waals surface area (Å²) in [6.45, 7) is 0. The zero-order valence-electron chi connectivity index (χ0n) is 10.1. The lowest BCUT2D eigenvalue weighted by Crippen LogP contribution is -1.97. The van der Waals surface area contributed by atoms with Gasteiger partial charge in [0.25, 0.3) is 0 Å². The second kappa shape index (κ2) is 4.96. The van der Waals surface area contributed by atoms with Gasteiger partial charge in [-0.2, -0.15) is 0 Å². The summed E-state index contributed by atoms with van der Waals surface area (Å²) in [6, 6.07) is 16.5. The molecule has 3 rings (SSSR count). The quantitative estimate of drug-likeness (QED) is 0.694. The van der Waals surface area contributed by atoms with Crippen molar-refractivity contribution in [1.29, 1.82) is 0 Å². The van der Waals surface area contributed by atoms with E-state index in [-0.39, 0.29) is 0 Å². The van der Waals surface area contributed by atoms with E-state index in [0.29, 0.717) is 0 Å². The molecular formula is C16H14N2. The van der Waals surface area contributed by atoms with Crippen LogP contribution in [0.4, 0.5) is 0 Å². The third-order valence-corrected chi connectivity index (χ3v) is 3.10. The first kappa shape index (κ1) is 10.9. The molecule has 2 heterocycles. The fraction of sp³-hybridized carbons (Fsp3) is 0.125. The van der Waals surface area contributed by atoms with Crippen molar-refractivity contribution in [3.05, 3.63) is 72.3 Å². The molecule has 0 atom stereocenters. The van der Waals surface area contributed by atoms with E-state index in [1.807, 2.05) is 24.5 Å². The summed E-state index contributed by atoms with van der Waals surface area (Å²) in [7, 11) is 0. The first-order valence-corrected chi connectivity index (χ1v) is 6.16. The van der Waals surface area contributed by atoms with Crippen molar-refractivity contribution >= 4 is 10.8 Å². The number of nitrogens with zero attached hydrogens (tertiary/aromatic N) is 2. The smallest absolute Gasteiger partial charge is 0.0485 e. The molecular weight excluding hydrogens is 220 g/mol. The van der Waals surface area contributed by atoms with Crippen LogP contribution < -0.4 is 0 Å². The number of hydrogen-bond donors (Lipinski definition) is 0.